The Morgan fingerprint density at radius 2 is 1.88 bits per heavy atom. The molecule has 0 aliphatic heterocycles. The fourth-order valence-corrected chi connectivity index (χ4v) is 4.17. The van der Waals surface area contributed by atoms with Gasteiger partial charge in [-0.05, 0) is 25.3 Å². The van der Waals surface area contributed by atoms with E-state index >= 15 is 0 Å². The third-order valence-electron chi connectivity index (χ3n) is 6.15. The highest BCUT2D eigenvalue weighted by atomic mass is 35.5. The van der Waals surface area contributed by atoms with Crippen LogP contribution in [0.4, 0.5) is 11.6 Å². The molecule has 0 saturated heterocycles. The molecule has 3 aromatic rings. The van der Waals surface area contributed by atoms with Gasteiger partial charge in [0, 0.05) is 11.8 Å². The number of carbonyl (C=O) groups excluding carboxylic acids is 1. The Morgan fingerprint density at radius 1 is 1.21 bits per heavy atom. The number of anilines is 2. The minimum atomic E-state index is -0.578. The van der Waals surface area contributed by atoms with Crippen LogP contribution < -0.4 is 32.5 Å². The predicted molar refractivity (Wildman–Crippen MR) is 142 cm³/mol. The van der Waals surface area contributed by atoms with Crippen LogP contribution in [-0.2, 0) is 0 Å². The standard InChI is InChI=1S/C20H22B4ClN7O/c1-8(4-26)29-19(33)13-16(23)14(21)12(15(22)17(13)24)18-11(25)6-27-20(31-18)30-9-5-28-32(7-9)10-2-3-10/h5-8,10H,2-3,21-24H2,1H3,(H,29,33)(H,27,30,31)/t8-/m0/s1. The monoisotopic (exact) mass is 455 g/mol. The van der Waals surface area contributed by atoms with Crippen LogP contribution in [0.3, 0.4) is 0 Å². The van der Waals surface area contributed by atoms with Gasteiger partial charge in [0.25, 0.3) is 5.91 Å². The van der Waals surface area contributed by atoms with Gasteiger partial charge in [-0.15, -0.1) is 0 Å². The molecule has 1 aliphatic rings. The molecule has 0 unspecified atom stereocenters. The second-order valence-electron chi connectivity index (χ2n) is 8.53. The van der Waals surface area contributed by atoms with E-state index in [1.807, 2.05) is 48.3 Å². The Kier molecular flexibility index (Phi) is 6.26. The molecular weight excluding hydrogens is 433 g/mol. The van der Waals surface area contributed by atoms with Gasteiger partial charge < -0.3 is 10.6 Å². The minimum Gasteiger partial charge on any atom is -0.337 e. The first-order valence-corrected chi connectivity index (χ1v) is 11.2. The molecule has 2 aromatic heterocycles. The molecule has 0 radical (unpaired) electrons. The molecule has 1 amide bonds. The molecule has 1 saturated carbocycles. The molecule has 2 heterocycles. The second-order valence-corrected chi connectivity index (χ2v) is 8.94. The van der Waals surface area contributed by atoms with E-state index < -0.39 is 6.04 Å². The van der Waals surface area contributed by atoms with Gasteiger partial charge in [0.15, 0.2) is 0 Å². The molecule has 1 fully saturated rings. The highest BCUT2D eigenvalue weighted by Crippen LogP contribution is 2.34. The number of amides is 1. The zero-order valence-electron chi connectivity index (χ0n) is 19.3. The van der Waals surface area contributed by atoms with Gasteiger partial charge in [0.2, 0.25) is 5.95 Å². The third-order valence-corrected chi connectivity index (χ3v) is 6.43. The molecule has 1 aromatic carbocycles. The van der Waals surface area contributed by atoms with E-state index in [0.29, 0.717) is 28.3 Å². The summed E-state index contributed by atoms with van der Waals surface area (Å²) in [4.78, 5) is 21.9. The molecule has 1 aliphatic carbocycles. The van der Waals surface area contributed by atoms with Crippen molar-refractivity contribution in [2.45, 2.75) is 31.8 Å². The number of nitrogens with one attached hydrogen (secondary N) is 2. The number of halogens is 1. The lowest BCUT2D eigenvalue weighted by Crippen LogP contribution is -2.50. The maximum Gasteiger partial charge on any atom is 0.251 e. The van der Waals surface area contributed by atoms with Crippen molar-refractivity contribution in [3.05, 3.63) is 29.2 Å². The van der Waals surface area contributed by atoms with E-state index in [0.717, 1.165) is 45.9 Å². The number of benzene rings is 1. The molecule has 0 spiro atoms. The molecule has 13 heteroatoms. The molecular formula is C20H22B4ClN7O. The Bertz CT molecular complexity index is 1270. The molecule has 1 atom stereocenters. The van der Waals surface area contributed by atoms with E-state index in [1.54, 1.807) is 19.3 Å². The van der Waals surface area contributed by atoms with Gasteiger partial charge in [-0.1, -0.05) is 33.5 Å². The van der Waals surface area contributed by atoms with Crippen LogP contribution in [0.5, 0.6) is 0 Å². The van der Waals surface area contributed by atoms with Crippen molar-refractivity contribution < 1.29 is 4.79 Å². The first kappa shape index (κ1) is 23.0. The number of rotatable bonds is 6. The van der Waals surface area contributed by atoms with Crippen molar-refractivity contribution in [2.24, 2.45) is 0 Å². The lowest BCUT2D eigenvalue weighted by Gasteiger charge is -2.22. The summed E-state index contributed by atoms with van der Waals surface area (Å²) in [6.45, 7) is 1.65. The zero-order valence-corrected chi connectivity index (χ0v) is 20.1. The van der Waals surface area contributed by atoms with E-state index in [2.05, 4.69) is 20.7 Å². The second kappa shape index (κ2) is 8.99. The number of hydrogen-bond acceptors (Lipinski definition) is 6. The number of aromatic nitrogens is 4. The van der Waals surface area contributed by atoms with Crippen LogP contribution >= 0.6 is 11.6 Å². The Labute approximate surface area is 201 Å². The molecule has 8 nitrogen and oxygen atoms in total. The van der Waals surface area contributed by atoms with Crippen LogP contribution in [0, 0.1) is 11.3 Å². The largest absolute Gasteiger partial charge is 0.337 e. The first-order chi connectivity index (χ1) is 15.7. The van der Waals surface area contributed by atoms with Gasteiger partial charge in [-0.25, -0.2) is 9.97 Å². The number of nitriles is 1. The third kappa shape index (κ3) is 4.51. The topological polar surface area (TPSA) is 109 Å². The van der Waals surface area contributed by atoms with Crippen molar-refractivity contribution in [3.63, 3.8) is 0 Å². The summed E-state index contributed by atoms with van der Waals surface area (Å²) in [6, 6.07) is 1.95. The highest BCUT2D eigenvalue weighted by Gasteiger charge is 2.25. The van der Waals surface area contributed by atoms with E-state index in [9.17, 15) is 4.79 Å². The predicted octanol–water partition coefficient (Wildman–Crippen LogP) is -3.25. The average Bonchev–Trinajstić information content (AvgIpc) is 3.53. The van der Waals surface area contributed by atoms with E-state index in [1.165, 1.54) is 0 Å². The Hall–Kier alpha value is -3.18. The smallest absolute Gasteiger partial charge is 0.251 e. The maximum atomic E-state index is 12.9. The lowest BCUT2D eigenvalue weighted by atomic mass is 9.63. The number of carbonyl (C=O) groups is 1. The van der Waals surface area contributed by atoms with Gasteiger partial charge in [-0.3, -0.25) is 9.48 Å². The van der Waals surface area contributed by atoms with Crippen LogP contribution in [0.25, 0.3) is 11.3 Å². The summed E-state index contributed by atoms with van der Waals surface area (Å²) in [7, 11) is 7.70. The molecule has 33 heavy (non-hydrogen) atoms. The Morgan fingerprint density at radius 3 is 2.48 bits per heavy atom. The Balaban J connectivity index is 1.73. The average molecular weight is 455 g/mol. The van der Waals surface area contributed by atoms with Crippen LogP contribution in [-0.4, -0.2) is 63.1 Å². The van der Waals surface area contributed by atoms with Crippen molar-refractivity contribution in [3.8, 4) is 17.3 Å². The van der Waals surface area contributed by atoms with Gasteiger partial charge in [0.05, 0.1) is 40.9 Å². The van der Waals surface area contributed by atoms with E-state index in [-0.39, 0.29) is 5.91 Å². The lowest BCUT2D eigenvalue weighted by molar-refractivity contribution is 0.0950. The molecule has 0 bridgehead atoms. The van der Waals surface area contributed by atoms with Gasteiger partial charge >= 0.3 is 0 Å². The van der Waals surface area contributed by atoms with Crippen molar-refractivity contribution >= 4 is 82.4 Å². The van der Waals surface area contributed by atoms with Crippen LogP contribution in [0.1, 0.15) is 36.2 Å². The maximum absolute atomic E-state index is 12.9. The summed E-state index contributed by atoms with van der Waals surface area (Å²) in [5.41, 5.74) is 6.32. The number of hydrogen-bond donors (Lipinski definition) is 2. The first-order valence-electron chi connectivity index (χ1n) is 10.9. The van der Waals surface area contributed by atoms with Crippen molar-refractivity contribution in [1.82, 2.24) is 25.1 Å². The summed E-state index contributed by atoms with van der Waals surface area (Å²) in [5, 5.41) is 19.8. The van der Waals surface area contributed by atoms with Crippen molar-refractivity contribution in [1.29, 1.82) is 5.26 Å². The van der Waals surface area contributed by atoms with Crippen LogP contribution in [0.15, 0.2) is 18.6 Å². The van der Waals surface area contributed by atoms with Gasteiger partial charge in [-0.2, -0.15) is 10.4 Å². The SMILES string of the molecule is Bc1c(B)c(-c2nc(Nc3cnn(C4CC4)c3)ncc2Cl)c(B)c(B)c1C(=O)N[C@@H](C)C#N. The summed E-state index contributed by atoms with van der Waals surface area (Å²) >= 11 is 6.54. The number of nitrogens with zero attached hydrogens (tertiary/aromatic N) is 5. The zero-order chi connectivity index (χ0) is 23.9. The van der Waals surface area contributed by atoms with E-state index in [4.69, 9.17) is 21.8 Å². The normalized spacial score (nSPS) is 13.8. The van der Waals surface area contributed by atoms with Gasteiger partial charge in [0.1, 0.15) is 37.4 Å². The fraction of sp³-hybridized carbons (Fsp3) is 0.250. The molecule has 162 valence electrons. The minimum absolute atomic E-state index is 0.263. The molecule has 2 N–H and O–H groups in total. The fourth-order valence-electron chi connectivity index (χ4n) is 3.98. The summed E-state index contributed by atoms with van der Waals surface area (Å²) in [6.07, 6.45) is 7.61. The van der Waals surface area contributed by atoms with Crippen molar-refractivity contribution in [2.75, 3.05) is 5.32 Å². The molecule has 4 rings (SSSR count). The van der Waals surface area contributed by atoms with Crippen LogP contribution in [0.2, 0.25) is 5.02 Å². The quantitative estimate of drug-likeness (QED) is 0.379. The highest BCUT2D eigenvalue weighted by molar-refractivity contribution is 6.62. The summed E-state index contributed by atoms with van der Waals surface area (Å²) < 4.78 is 1.96. The summed E-state index contributed by atoms with van der Waals surface area (Å²) in [5.74, 6) is 0.157.